The van der Waals surface area contributed by atoms with Gasteiger partial charge in [-0.3, -0.25) is 4.79 Å². The Bertz CT molecular complexity index is 647. The topological polar surface area (TPSA) is 26.3 Å². The van der Waals surface area contributed by atoms with Crippen LogP contribution < -0.4 is 10.6 Å². The second-order valence-electron chi connectivity index (χ2n) is 5.79. The molecule has 0 unspecified atom stereocenters. The van der Waals surface area contributed by atoms with Gasteiger partial charge in [0.15, 0.2) is 0 Å². The van der Waals surface area contributed by atoms with Crippen molar-refractivity contribution in [3.8, 4) is 0 Å². The Kier molecular flexibility index (Phi) is 12.6. The maximum atomic E-state index is 12.1. The van der Waals surface area contributed by atoms with Crippen LogP contribution in [0, 0.1) is 62.9 Å². The second-order valence-corrected chi connectivity index (χ2v) is 7.97. The van der Waals surface area contributed by atoms with Gasteiger partial charge in [0.05, 0.1) is 7.11 Å². The van der Waals surface area contributed by atoms with Crippen LogP contribution in [-0.4, -0.2) is 21.5 Å². The first kappa shape index (κ1) is 26.0. The van der Waals surface area contributed by atoms with Crippen LogP contribution in [0.25, 0.3) is 0 Å². The third-order valence-corrected chi connectivity index (χ3v) is 6.52. The van der Waals surface area contributed by atoms with Crippen LogP contribution in [0.1, 0.15) is 0 Å². The van der Waals surface area contributed by atoms with Crippen molar-refractivity contribution in [3.63, 3.8) is 0 Å². The molecule has 4 rings (SSSR count). The van der Waals surface area contributed by atoms with Gasteiger partial charge in [-0.25, -0.2) is 0 Å². The summed E-state index contributed by atoms with van der Waals surface area (Å²) in [4.78, 5) is 12.1. The first-order valence-corrected chi connectivity index (χ1v) is 10.1. The minimum absolute atomic E-state index is 0. The average Bonchev–Trinajstić information content (AvgIpc) is 3.45. The number of carbonyl (C=O) groups excluding carboxylic acids is 1. The molecule has 0 N–H and O–H groups in total. The van der Waals surface area contributed by atoms with Crippen molar-refractivity contribution >= 4 is 32.9 Å². The number of benzene rings is 2. The molecule has 2 aliphatic rings. The summed E-state index contributed by atoms with van der Waals surface area (Å²) in [6.45, 7) is 0. The minimum atomic E-state index is -0.769. The number of hydrogen-bond donors (Lipinski definition) is 0. The smallest absolute Gasteiger partial charge is 0.314 e. The van der Waals surface area contributed by atoms with E-state index in [2.05, 4.69) is 24.3 Å². The Morgan fingerprint density at radius 2 is 1.17 bits per heavy atom. The number of esters is 1. The molecule has 2 aliphatic carbocycles. The van der Waals surface area contributed by atoms with E-state index in [1.807, 2.05) is 87.8 Å². The molecule has 2 aromatic rings. The fourth-order valence-corrected chi connectivity index (χ4v) is 5.23. The molecule has 5 heteroatoms. The van der Waals surface area contributed by atoms with Gasteiger partial charge in [0.2, 0.25) is 0 Å². The Hall–Kier alpha value is -1.08. The predicted molar refractivity (Wildman–Crippen MR) is 118 cm³/mol. The van der Waals surface area contributed by atoms with Crippen molar-refractivity contribution in [3.05, 3.63) is 124 Å². The SMILES string of the molecule is COC(=O)[C]1[CH][CH][CH][C]1P(c1ccccc1)c1ccccc1.[B].[CH]1[CH][CH][CH][CH]1.[Fe]. The summed E-state index contributed by atoms with van der Waals surface area (Å²) in [7, 11) is 0.654. The molecule has 0 bridgehead atoms. The molecule has 0 saturated heterocycles. The maximum absolute atomic E-state index is 12.1. The largest absolute Gasteiger partial charge is 0.469 e. The van der Waals surface area contributed by atoms with Gasteiger partial charge in [0.25, 0.3) is 0 Å². The third kappa shape index (κ3) is 7.28. The molecule has 13 radical (unpaired) electrons. The molecule has 145 valence electrons. The van der Waals surface area contributed by atoms with Gasteiger partial charge < -0.3 is 4.74 Å². The number of hydrogen-bond acceptors (Lipinski definition) is 2. The number of ether oxygens (including phenoxy) is 1. The van der Waals surface area contributed by atoms with E-state index in [0.29, 0.717) is 5.92 Å². The van der Waals surface area contributed by atoms with Crippen molar-refractivity contribution in [2.24, 2.45) is 0 Å². The summed E-state index contributed by atoms with van der Waals surface area (Å²) >= 11 is 0. The van der Waals surface area contributed by atoms with Gasteiger partial charge in [0.1, 0.15) is 5.92 Å². The molecule has 0 aromatic heterocycles. The molecule has 0 amide bonds. The number of carbonyl (C=O) groups is 1. The molecule has 0 atom stereocenters. The first-order chi connectivity index (χ1) is 13.3. The third-order valence-electron chi connectivity index (χ3n) is 4.02. The standard InChI is InChI=1S/C19H16O2P.C5H5.B.Fe/c1-21-19(20)17-13-8-14-18(17)22(15-9-4-2-5-10-15)16-11-6-3-7-12-16;1-2-4-5-3-1;;/h2-14H,1H3;1-5H;;. The van der Waals surface area contributed by atoms with E-state index in [-0.39, 0.29) is 31.5 Å². The maximum Gasteiger partial charge on any atom is 0.314 e. The molecule has 29 heavy (non-hydrogen) atoms. The van der Waals surface area contributed by atoms with E-state index >= 15 is 0 Å². The van der Waals surface area contributed by atoms with Crippen LogP contribution in [0.15, 0.2) is 60.7 Å². The molecule has 0 aliphatic heterocycles. The first-order valence-electron chi connectivity index (χ1n) is 8.72. The molecular weight excluding hydrogens is 418 g/mol. The van der Waals surface area contributed by atoms with Crippen LogP contribution in [-0.2, 0) is 26.6 Å². The van der Waals surface area contributed by atoms with Crippen LogP contribution in [0.2, 0.25) is 0 Å². The Morgan fingerprint density at radius 3 is 1.59 bits per heavy atom. The number of methoxy groups -OCH3 is 1. The summed E-state index contributed by atoms with van der Waals surface area (Å²) in [5, 5.41) is 2.44. The van der Waals surface area contributed by atoms with Gasteiger partial charge in [-0.1, -0.05) is 60.7 Å². The normalized spacial score (nSPS) is 16.3. The number of rotatable bonds is 4. The van der Waals surface area contributed by atoms with Crippen molar-refractivity contribution in [2.75, 3.05) is 7.11 Å². The van der Waals surface area contributed by atoms with E-state index in [1.165, 1.54) is 17.7 Å². The van der Waals surface area contributed by atoms with E-state index in [9.17, 15) is 4.79 Å². The van der Waals surface area contributed by atoms with Gasteiger partial charge >= 0.3 is 5.97 Å². The predicted octanol–water partition coefficient (Wildman–Crippen LogP) is 3.66. The van der Waals surface area contributed by atoms with Crippen LogP contribution >= 0.6 is 7.92 Å². The monoisotopic (exact) mass is 439 g/mol. The molecule has 2 aromatic carbocycles. The fraction of sp³-hybridized carbons (Fsp3) is 0.0417. The van der Waals surface area contributed by atoms with Crippen molar-refractivity contribution < 1.29 is 26.6 Å². The minimum Gasteiger partial charge on any atom is -0.469 e. The van der Waals surface area contributed by atoms with Gasteiger partial charge in [-0.2, -0.15) is 0 Å². The van der Waals surface area contributed by atoms with Crippen LogP contribution in [0.3, 0.4) is 0 Å². The average molecular weight is 439 g/mol. The van der Waals surface area contributed by atoms with Crippen molar-refractivity contribution in [1.82, 2.24) is 0 Å². The molecule has 2 nitrogen and oxygen atoms in total. The quantitative estimate of drug-likeness (QED) is 0.413. The Morgan fingerprint density at radius 1 is 0.724 bits per heavy atom. The summed E-state index contributed by atoms with van der Waals surface area (Å²) in [6, 6.07) is 20.6. The van der Waals surface area contributed by atoms with E-state index in [0.717, 1.165) is 5.66 Å². The van der Waals surface area contributed by atoms with E-state index < -0.39 is 7.92 Å². The Balaban J connectivity index is 0.000000527. The second kappa shape index (κ2) is 14.0. The molecule has 2 fully saturated rings. The van der Waals surface area contributed by atoms with Crippen LogP contribution in [0.4, 0.5) is 0 Å². The van der Waals surface area contributed by atoms with E-state index in [4.69, 9.17) is 4.74 Å². The summed E-state index contributed by atoms with van der Waals surface area (Å²) < 4.78 is 4.93. The van der Waals surface area contributed by atoms with Gasteiger partial charge in [-0.05, 0) is 69.9 Å². The Labute approximate surface area is 190 Å². The molecule has 2 saturated carbocycles. The zero-order chi connectivity index (χ0) is 18.9. The van der Waals surface area contributed by atoms with E-state index in [1.54, 1.807) is 0 Å². The summed E-state index contributed by atoms with van der Waals surface area (Å²) in [5.41, 5.74) is 1.04. The van der Waals surface area contributed by atoms with Gasteiger partial charge in [-0.15, -0.1) is 0 Å². The van der Waals surface area contributed by atoms with Crippen molar-refractivity contribution in [1.29, 1.82) is 0 Å². The van der Waals surface area contributed by atoms with Crippen LogP contribution in [0.5, 0.6) is 0 Å². The molecule has 0 heterocycles. The molecular formula is C24H21BFeO2P. The van der Waals surface area contributed by atoms with Gasteiger partial charge in [0, 0.05) is 31.1 Å². The summed E-state index contributed by atoms with van der Waals surface area (Å²) in [5.74, 6) is 0.376. The zero-order valence-corrected chi connectivity index (χ0v) is 18.1. The zero-order valence-electron chi connectivity index (χ0n) is 16.1. The summed E-state index contributed by atoms with van der Waals surface area (Å²) in [6.07, 6.45) is 15.8. The van der Waals surface area contributed by atoms with Crippen molar-refractivity contribution in [2.45, 2.75) is 0 Å². The fourth-order valence-electron chi connectivity index (χ4n) is 2.79. The molecule has 0 spiro atoms.